The minimum Gasteiger partial charge on any atom is -0.269 e. The Hall–Kier alpha value is -1.25. The van der Waals surface area contributed by atoms with Crippen LogP contribution in [0.15, 0.2) is 18.2 Å². The number of nitrogens with zero attached hydrogens (tertiary/aromatic N) is 2. The summed E-state index contributed by atoms with van der Waals surface area (Å²) in [5.41, 5.74) is 0.705. The van der Waals surface area contributed by atoms with Crippen LogP contribution in [0.4, 0.5) is 5.69 Å². The van der Waals surface area contributed by atoms with Gasteiger partial charge in [-0.1, -0.05) is 18.5 Å². The molecule has 1 unspecified atom stereocenters. The number of anilines is 1. The second-order valence-electron chi connectivity index (χ2n) is 4.19. The zero-order chi connectivity index (χ0) is 12.6. The minimum atomic E-state index is -3.32. The van der Waals surface area contributed by atoms with Crippen molar-refractivity contribution in [1.29, 1.82) is 5.26 Å². The summed E-state index contributed by atoms with van der Waals surface area (Å²) in [6, 6.07) is 6.63. The number of nitriles is 1. The lowest BCUT2D eigenvalue weighted by Gasteiger charge is -2.18. The highest BCUT2D eigenvalue weighted by Gasteiger charge is 2.34. The molecule has 0 aromatic heterocycles. The van der Waals surface area contributed by atoms with Crippen LogP contribution in [0, 0.1) is 17.2 Å². The summed E-state index contributed by atoms with van der Waals surface area (Å²) in [6.07, 6.45) is 0. The van der Waals surface area contributed by atoms with Crippen LogP contribution in [0.5, 0.6) is 0 Å². The standard InChI is InChI=1S/C11H11ClN2O2S/c1-8-6-14(17(15,16)7-8)11-4-10(12)3-2-9(11)5-13/h2-4,8H,6-7H2,1H3. The largest absolute Gasteiger partial charge is 0.269 e. The molecule has 1 aromatic carbocycles. The predicted molar refractivity (Wildman–Crippen MR) is 66.5 cm³/mol. The quantitative estimate of drug-likeness (QED) is 0.784. The van der Waals surface area contributed by atoms with Gasteiger partial charge in [-0.3, -0.25) is 4.31 Å². The van der Waals surface area contributed by atoms with E-state index in [0.717, 1.165) is 0 Å². The zero-order valence-electron chi connectivity index (χ0n) is 9.22. The minimum absolute atomic E-state index is 0.0607. The van der Waals surface area contributed by atoms with E-state index in [2.05, 4.69) is 0 Å². The van der Waals surface area contributed by atoms with Gasteiger partial charge in [0.25, 0.3) is 0 Å². The predicted octanol–water partition coefficient (Wildman–Crippen LogP) is 2.00. The van der Waals surface area contributed by atoms with E-state index in [-0.39, 0.29) is 11.7 Å². The SMILES string of the molecule is CC1CN(c2cc(Cl)ccc2C#N)S(=O)(=O)C1. The van der Waals surface area contributed by atoms with E-state index in [4.69, 9.17) is 16.9 Å². The molecule has 17 heavy (non-hydrogen) atoms. The number of benzene rings is 1. The number of hydrogen-bond donors (Lipinski definition) is 0. The van der Waals surface area contributed by atoms with Gasteiger partial charge in [-0.25, -0.2) is 8.42 Å². The topological polar surface area (TPSA) is 61.2 Å². The third kappa shape index (κ3) is 2.24. The second kappa shape index (κ2) is 4.21. The number of sulfonamides is 1. The van der Waals surface area contributed by atoms with Crippen molar-refractivity contribution in [3.05, 3.63) is 28.8 Å². The van der Waals surface area contributed by atoms with Gasteiger partial charge in [-0.05, 0) is 24.1 Å². The average molecular weight is 271 g/mol. The van der Waals surface area contributed by atoms with E-state index in [1.54, 1.807) is 6.07 Å². The van der Waals surface area contributed by atoms with Crippen molar-refractivity contribution in [1.82, 2.24) is 0 Å². The van der Waals surface area contributed by atoms with Gasteiger partial charge < -0.3 is 0 Å². The molecule has 0 amide bonds. The zero-order valence-corrected chi connectivity index (χ0v) is 10.8. The van der Waals surface area contributed by atoms with Gasteiger partial charge in [0, 0.05) is 11.6 Å². The molecule has 0 saturated carbocycles. The van der Waals surface area contributed by atoms with Gasteiger partial charge >= 0.3 is 0 Å². The third-order valence-corrected chi connectivity index (χ3v) is 4.90. The molecule has 0 aliphatic carbocycles. The van der Waals surface area contributed by atoms with Crippen molar-refractivity contribution in [3.63, 3.8) is 0 Å². The first kappa shape index (κ1) is 12.2. The Bertz CT molecular complexity index is 592. The molecule has 4 nitrogen and oxygen atoms in total. The van der Waals surface area contributed by atoms with Crippen LogP contribution in [-0.2, 0) is 10.0 Å². The molecule has 1 aliphatic rings. The maximum Gasteiger partial charge on any atom is 0.235 e. The highest BCUT2D eigenvalue weighted by Crippen LogP contribution is 2.31. The summed E-state index contributed by atoms with van der Waals surface area (Å²) in [6.45, 7) is 2.27. The van der Waals surface area contributed by atoms with Crippen molar-refractivity contribution in [3.8, 4) is 6.07 Å². The van der Waals surface area contributed by atoms with Crippen LogP contribution < -0.4 is 4.31 Å². The Kier molecular flexibility index (Phi) is 3.02. The third-order valence-electron chi connectivity index (χ3n) is 2.66. The molecule has 0 N–H and O–H groups in total. The molecular formula is C11H11ClN2O2S. The molecule has 0 radical (unpaired) electrons. The maximum absolute atomic E-state index is 11.9. The molecule has 0 bridgehead atoms. The van der Waals surface area contributed by atoms with E-state index < -0.39 is 10.0 Å². The summed E-state index contributed by atoms with van der Waals surface area (Å²) in [5.74, 6) is 0.176. The molecule has 0 spiro atoms. The van der Waals surface area contributed by atoms with Crippen LogP contribution in [0.25, 0.3) is 0 Å². The van der Waals surface area contributed by atoms with E-state index in [1.165, 1.54) is 16.4 Å². The highest BCUT2D eigenvalue weighted by molar-refractivity contribution is 7.93. The smallest absolute Gasteiger partial charge is 0.235 e. The molecule has 1 aromatic rings. The van der Waals surface area contributed by atoms with E-state index in [1.807, 2.05) is 13.0 Å². The van der Waals surface area contributed by atoms with Crippen LogP contribution >= 0.6 is 11.6 Å². The first-order valence-electron chi connectivity index (χ1n) is 5.14. The Labute approximate surface area is 105 Å². The maximum atomic E-state index is 11.9. The fourth-order valence-corrected chi connectivity index (χ4v) is 4.06. The molecule has 1 aliphatic heterocycles. The summed E-state index contributed by atoms with van der Waals surface area (Å²) < 4.78 is 25.1. The second-order valence-corrected chi connectivity index (χ2v) is 6.56. The van der Waals surface area contributed by atoms with Gasteiger partial charge in [0.1, 0.15) is 6.07 Å². The lowest BCUT2D eigenvalue weighted by atomic mass is 10.1. The van der Waals surface area contributed by atoms with Crippen LogP contribution in [0.2, 0.25) is 5.02 Å². The molecule has 1 fully saturated rings. The number of hydrogen-bond acceptors (Lipinski definition) is 3. The Balaban J connectivity index is 2.55. The fraction of sp³-hybridized carbons (Fsp3) is 0.364. The fourth-order valence-electron chi connectivity index (χ4n) is 1.95. The molecule has 1 saturated heterocycles. The van der Waals surface area contributed by atoms with Crippen molar-refractivity contribution < 1.29 is 8.42 Å². The Morgan fingerprint density at radius 3 is 2.76 bits per heavy atom. The summed E-state index contributed by atoms with van der Waals surface area (Å²) >= 11 is 5.85. The first-order valence-corrected chi connectivity index (χ1v) is 7.13. The molecule has 90 valence electrons. The molecule has 1 heterocycles. The van der Waals surface area contributed by atoms with Crippen molar-refractivity contribution in [2.24, 2.45) is 5.92 Å². The normalized spacial score (nSPS) is 22.4. The van der Waals surface area contributed by atoms with Gasteiger partial charge in [0.15, 0.2) is 0 Å². The summed E-state index contributed by atoms with van der Waals surface area (Å²) in [4.78, 5) is 0. The average Bonchev–Trinajstić information content (AvgIpc) is 2.51. The molecule has 6 heteroatoms. The summed E-state index contributed by atoms with van der Waals surface area (Å²) in [5, 5.41) is 9.42. The number of halogens is 1. The Morgan fingerprint density at radius 1 is 1.53 bits per heavy atom. The van der Waals surface area contributed by atoms with Crippen molar-refractivity contribution in [2.45, 2.75) is 6.92 Å². The summed E-state index contributed by atoms with van der Waals surface area (Å²) in [7, 11) is -3.32. The van der Waals surface area contributed by atoms with Crippen LogP contribution in [0.3, 0.4) is 0 Å². The van der Waals surface area contributed by atoms with Gasteiger partial charge in [0.05, 0.1) is 17.0 Å². The van der Waals surface area contributed by atoms with Gasteiger partial charge in [-0.15, -0.1) is 0 Å². The van der Waals surface area contributed by atoms with Gasteiger partial charge in [0.2, 0.25) is 10.0 Å². The monoisotopic (exact) mass is 270 g/mol. The van der Waals surface area contributed by atoms with Crippen LogP contribution in [0.1, 0.15) is 12.5 Å². The lowest BCUT2D eigenvalue weighted by Crippen LogP contribution is -2.26. The highest BCUT2D eigenvalue weighted by atomic mass is 35.5. The van der Waals surface area contributed by atoms with Gasteiger partial charge in [-0.2, -0.15) is 5.26 Å². The van der Waals surface area contributed by atoms with E-state index >= 15 is 0 Å². The van der Waals surface area contributed by atoms with E-state index in [9.17, 15) is 8.42 Å². The van der Waals surface area contributed by atoms with E-state index in [0.29, 0.717) is 22.8 Å². The van der Waals surface area contributed by atoms with Crippen molar-refractivity contribution >= 4 is 27.3 Å². The van der Waals surface area contributed by atoms with Crippen LogP contribution in [-0.4, -0.2) is 20.7 Å². The lowest BCUT2D eigenvalue weighted by molar-refractivity contribution is 0.598. The number of rotatable bonds is 1. The van der Waals surface area contributed by atoms with Crippen molar-refractivity contribution in [2.75, 3.05) is 16.6 Å². The molecular weight excluding hydrogens is 260 g/mol. The Morgan fingerprint density at radius 2 is 2.24 bits per heavy atom. The first-order chi connectivity index (χ1) is 7.94. The molecule has 1 atom stereocenters. The molecule has 2 rings (SSSR count).